The lowest BCUT2D eigenvalue weighted by Crippen LogP contribution is -2.50. The Morgan fingerprint density at radius 3 is 3.14 bits per heavy atom. The van der Waals surface area contributed by atoms with Gasteiger partial charge < -0.3 is 9.47 Å². The molecule has 2 aliphatic heterocycles. The van der Waals surface area contributed by atoms with Crippen molar-refractivity contribution in [1.82, 2.24) is 19.4 Å². The average molecular weight is 316 g/mol. The fourth-order valence-corrected chi connectivity index (χ4v) is 4.27. The summed E-state index contributed by atoms with van der Waals surface area (Å²) in [7, 11) is 0. The van der Waals surface area contributed by atoms with Crippen molar-refractivity contribution < 1.29 is 4.79 Å². The lowest BCUT2D eigenvalue weighted by Gasteiger charge is -2.36. The molecule has 0 aliphatic carbocycles. The fraction of sp³-hybridized carbons (Fsp3) is 0.500. The first-order valence-corrected chi connectivity index (χ1v) is 8.68. The van der Waals surface area contributed by atoms with Crippen LogP contribution in [0, 0.1) is 0 Å². The van der Waals surface area contributed by atoms with Crippen LogP contribution in [-0.4, -0.2) is 44.4 Å². The van der Waals surface area contributed by atoms with E-state index in [0.29, 0.717) is 0 Å². The van der Waals surface area contributed by atoms with Crippen molar-refractivity contribution in [3.05, 3.63) is 40.1 Å². The summed E-state index contributed by atoms with van der Waals surface area (Å²) in [6.45, 7) is 6.24. The molecular weight excluding hydrogens is 296 g/mol. The van der Waals surface area contributed by atoms with Gasteiger partial charge in [0.05, 0.1) is 12.6 Å². The Balaban J connectivity index is 1.45. The predicted molar refractivity (Wildman–Crippen MR) is 85.5 cm³/mol. The van der Waals surface area contributed by atoms with Gasteiger partial charge in [-0.2, -0.15) is 0 Å². The summed E-state index contributed by atoms with van der Waals surface area (Å²) in [5.74, 6) is 1.31. The van der Waals surface area contributed by atoms with Crippen LogP contribution < -0.4 is 0 Å². The van der Waals surface area contributed by atoms with E-state index in [-0.39, 0.29) is 11.9 Å². The first-order chi connectivity index (χ1) is 10.7. The second kappa shape index (κ2) is 5.52. The van der Waals surface area contributed by atoms with Gasteiger partial charge in [-0.05, 0) is 30.4 Å². The molecule has 2 aliphatic rings. The van der Waals surface area contributed by atoms with Crippen LogP contribution in [0.15, 0.2) is 23.8 Å². The monoisotopic (exact) mass is 316 g/mol. The van der Waals surface area contributed by atoms with E-state index in [2.05, 4.69) is 25.9 Å². The molecule has 1 amide bonds. The van der Waals surface area contributed by atoms with Crippen LogP contribution in [0.4, 0.5) is 0 Å². The summed E-state index contributed by atoms with van der Waals surface area (Å²) >= 11 is 1.81. The van der Waals surface area contributed by atoms with Crippen LogP contribution in [0.3, 0.4) is 0 Å². The summed E-state index contributed by atoms with van der Waals surface area (Å²) in [6, 6.07) is 2.08. The SMILES string of the molecule is CC(C(=O)N1CCc2sccc2C1)N1CCn2ccnc2C1. The van der Waals surface area contributed by atoms with Gasteiger partial charge in [0.1, 0.15) is 5.82 Å². The van der Waals surface area contributed by atoms with Crippen molar-refractivity contribution in [2.75, 3.05) is 13.1 Å². The molecule has 1 atom stereocenters. The van der Waals surface area contributed by atoms with Gasteiger partial charge in [-0.3, -0.25) is 9.69 Å². The lowest BCUT2D eigenvalue weighted by atomic mass is 10.1. The van der Waals surface area contributed by atoms with Gasteiger partial charge in [0.15, 0.2) is 0 Å². The minimum atomic E-state index is -0.0781. The quantitative estimate of drug-likeness (QED) is 0.847. The molecule has 6 heteroatoms. The van der Waals surface area contributed by atoms with Crippen LogP contribution in [-0.2, 0) is 30.8 Å². The molecule has 4 rings (SSSR count). The van der Waals surface area contributed by atoms with E-state index in [1.54, 1.807) is 0 Å². The highest BCUT2D eigenvalue weighted by atomic mass is 32.1. The third-order valence-electron chi connectivity index (χ3n) is 4.80. The van der Waals surface area contributed by atoms with Gasteiger partial charge in [-0.15, -0.1) is 11.3 Å². The van der Waals surface area contributed by atoms with Crippen molar-refractivity contribution in [1.29, 1.82) is 0 Å². The number of hydrogen-bond acceptors (Lipinski definition) is 4. The largest absolute Gasteiger partial charge is 0.337 e. The topological polar surface area (TPSA) is 41.4 Å². The number of fused-ring (bicyclic) bond motifs is 2. The zero-order chi connectivity index (χ0) is 15.1. The normalized spacial score (nSPS) is 19.6. The molecular formula is C16H20N4OS. The number of rotatable bonds is 2. The number of aromatic nitrogens is 2. The highest BCUT2D eigenvalue weighted by Crippen LogP contribution is 2.25. The van der Waals surface area contributed by atoms with E-state index in [4.69, 9.17) is 0 Å². The zero-order valence-corrected chi connectivity index (χ0v) is 13.6. The van der Waals surface area contributed by atoms with Crippen molar-refractivity contribution in [3.63, 3.8) is 0 Å². The van der Waals surface area contributed by atoms with Gasteiger partial charge in [0, 0.05) is 43.4 Å². The van der Waals surface area contributed by atoms with Crippen LogP contribution in [0.5, 0.6) is 0 Å². The van der Waals surface area contributed by atoms with E-state index in [0.717, 1.165) is 45.0 Å². The van der Waals surface area contributed by atoms with E-state index in [9.17, 15) is 4.79 Å². The standard InChI is InChI=1S/C16H20N4OS/c1-12(19-8-7-18-6-4-17-15(18)11-19)16(21)20-5-2-14-13(10-20)3-9-22-14/h3-4,6,9,12H,2,5,7-8,10-11H2,1H3. The molecule has 0 saturated heterocycles. The van der Waals surface area contributed by atoms with E-state index >= 15 is 0 Å². The molecule has 116 valence electrons. The van der Waals surface area contributed by atoms with Gasteiger partial charge >= 0.3 is 0 Å². The highest BCUT2D eigenvalue weighted by Gasteiger charge is 2.30. The van der Waals surface area contributed by atoms with E-state index < -0.39 is 0 Å². The third kappa shape index (κ3) is 2.36. The summed E-state index contributed by atoms with van der Waals surface area (Å²) in [5.41, 5.74) is 1.32. The smallest absolute Gasteiger partial charge is 0.239 e. The molecule has 22 heavy (non-hydrogen) atoms. The Morgan fingerprint density at radius 1 is 1.32 bits per heavy atom. The molecule has 0 saturated carbocycles. The lowest BCUT2D eigenvalue weighted by molar-refractivity contribution is -0.138. The maximum Gasteiger partial charge on any atom is 0.239 e. The molecule has 0 bridgehead atoms. The molecule has 0 fully saturated rings. The fourth-order valence-electron chi connectivity index (χ4n) is 3.38. The molecule has 1 unspecified atom stereocenters. The Morgan fingerprint density at radius 2 is 2.23 bits per heavy atom. The molecule has 0 radical (unpaired) electrons. The number of imidazole rings is 1. The third-order valence-corrected chi connectivity index (χ3v) is 5.82. The van der Waals surface area contributed by atoms with Crippen LogP contribution in [0.1, 0.15) is 23.2 Å². The molecule has 5 nitrogen and oxygen atoms in total. The van der Waals surface area contributed by atoms with Crippen LogP contribution in [0.2, 0.25) is 0 Å². The predicted octanol–water partition coefficient (Wildman–Crippen LogP) is 1.73. The van der Waals surface area contributed by atoms with Crippen molar-refractivity contribution >= 4 is 17.2 Å². The second-order valence-electron chi connectivity index (χ2n) is 6.06. The Bertz CT molecular complexity index is 692. The molecule has 0 N–H and O–H groups in total. The molecule has 0 aromatic carbocycles. The van der Waals surface area contributed by atoms with Crippen molar-refractivity contribution in [2.45, 2.75) is 39.0 Å². The number of amides is 1. The maximum atomic E-state index is 12.8. The van der Waals surface area contributed by atoms with E-state index in [1.165, 1.54) is 10.4 Å². The Hall–Kier alpha value is -1.66. The maximum absolute atomic E-state index is 12.8. The van der Waals surface area contributed by atoms with Crippen molar-refractivity contribution in [3.8, 4) is 0 Å². The Kier molecular flexibility index (Phi) is 3.50. The first kappa shape index (κ1) is 14.0. The summed E-state index contributed by atoms with van der Waals surface area (Å²) in [5, 5.41) is 2.13. The number of hydrogen-bond donors (Lipinski definition) is 0. The summed E-state index contributed by atoms with van der Waals surface area (Å²) < 4.78 is 2.17. The first-order valence-electron chi connectivity index (χ1n) is 7.80. The number of nitrogens with zero attached hydrogens (tertiary/aromatic N) is 4. The number of thiophene rings is 1. The molecule has 2 aromatic rings. The average Bonchev–Trinajstić information content (AvgIpc) is 3.20. The van der Waals surface area contributed by atoms with Gasteiger partial charge in [-0.25, -0.2) is 4.98 Å². The van der Waals surface area contributed by atoms with Gasteiger partial charge in [0.2, 0.25) is 5.91 Å². The molecule has 2 aromatic heterocycles. The molecule has 4 heterocycles. The minimum absolute atomic E-state index is 0.0781. The summed E-state index contributed by atoms with van der Waals surface area (Å²) in [6.07, 6.45) is 4.85. The van der Waals surface area contributed by atoms with Crippen molar-refractivity contribution in [2.24, 2.45) is 0 Å². The minimum Gasteiger partial charge on any atom is -0.337 e. The van der Waals surface area contributed by atoms with Crippen LogP contribution in [0.25, 0.3) is 0 Å². The molecule has 0 spiro atoms. The second-order valence-corrected chi connectivity index (χ2v) is 7.06. The number of carbonyl (C=O) groups excluding carboxylic acids is 1. The van der Waals surface area contributed by atoms with E-state index in [1.807, 2.05) is 35.6 Å². The van der Waals surface area contributed by atoms with Gasteiger partial charge in [0.25, 0.3) is 0 Å². The highest BCUT2D eigenvalue weighted by molar-refractivity contribution is 7.10. The summed E-state index contributed by atoms with van der Waals surface area (Å²) in [4.78, 5) is 22.9. The zero-order valence-electron chi connectivity index (χ0n) is 12.7. The number of carbonyl (C=O) groups is 1. The van der Waals surface area contributed by atoms with Gasteiger partial charge in [-0.1, -0.05) is 0 Å². The Labute approximate surface area is 134 Å². The van der Waals surface area contributed by atoms with Crippen LogP contribution >= 0.6 is 11.3 Å².